The molecular weight excluding hydrogens is 290 g/mol. The minimum atomic E-state index is -0.473. The Morgan fingerprint density at radius 2 is 2.16 bits per heavy atom. The van der Waals surface area contributed by atoms with Gasteiger partial charge in [-0.15, -0.1) is 0 Å². The number of non-ortho nitro benzene ring substituents is 1. The van der Waals surface area contributed by atoms with Crippen LogP contribution in [0, 0.1) is 10.1 Å². The van der Waals surface area contributed by atoms with Crippen LogP contribution in [0.15, 0.2) is 18.2 Å². The van der Waals surface area contributed by atoms with E-state index < -0.39 is 4.92 Å². The van der Waals surface area contributed by atoms with E-state index in [1.165, 1.54) is 18.2 Å². The van der Waals surface area contributed by atoms with E-state index >= 15 is 0 Å². The number of nitro benzene ring substituents is 1. The molecule has 2 rings (SSSR count). The SMILES string of the molecule is O=[N+]([O-])c1ccc(Cl)c(NC(=S)N2CCOCC2)c1. The fourth-order valence-electron chi connectivity index (χ4n) is 1.68. The number of nitrogens with one attached hydrogen (secondary N) is 1. The summed E-state index contributed by atoms with van der Waals surface area (Å²) in [5.74, 6) is 0. The van der Waals surface area contributed by atoms with Crippen molar-refractivity contribution in [2.24, 2.45) is 0 Å². The Kier molecular flexibility index (Phi) is 4.52. The number of rotatable bonds is 2. The second-order valence-electron chi connectivity index (χ2n) is 3.95. The topological polar surface area (TPSA) is 67.6 Å². The maximum absolute atomic E-state index is 10.7. The Bertz CT molecular complexity index is 506. The molecule has 0 aromatic heterocycles. The first-order valence-corrected chi connectivity index (χ1v) is 6.44. The number of nitrogens with zero attached hydrogens (tertiary/aromatic N) is 2. The third kappa shape index (κ3) is 3.52. The van der Waals surface area contributed by atoms with Gasteiger partial charge in [-0.2, -0.15) is 0 Å². The molecule has 0 radical (unpaired) electrons. The highest BCUT2D eigenvalue weighted by Crippen LogP contribution is 2.27. The van der Waals surface area contributed by atoms with Crippen molar-refractivity contribution >= 4 is 40.3 Å². The van der Waals surface area contributed by atoms with Crippen molar-refractivity contribution < 1.29 is 9.66 Å². The second kappa shape index (κ2) is 6.14. The quantitative estimate of drug-likeness (QED) is 0.513. The second-order valence-corrected chi connectivity index (χ2v) is 4.74. The van der Waals surface area contributed by atoms with Crippen LogP contribution in [0.3, 0.4) is 0 Å². The number of hydrogen-bond acceptors (Lipinski definition) is 4. The summed E-state index contributed by atoms with van der Waals surface area (Å²) in [5, 5.41) is 14.5. The first-order chi connectivity index (χ1) is 9.08. The lowest BCUT2D eigenvalue weighted by molar-refractivity contribution is -0.384. The molecular formula is C11H12ClN3O3S. The van der Waals surface area contributed by atoms with Crippen molar-refractivity contribution in [3.8, 4) is 0 Å². The van der Waals surface area contributed by atoms with E-state index in [0.717, 1.165) is 0 Å². The van der Waals surface area contributed by atoms with Crippen LogP contribution < -0.4 is 5.32 Å². The molecule has 0 spiro atoms. The molecule has 1 aromatic carbocycles. The molecule has 1 aromatic rings. The number of nitro groups is 1. The summed E-state index contributed by atoms with van der Waals surface area (Å²) in [6, 6.07) is 4.20. The molecule has 6 nitrogen and oxygen atoms in total. The van der Waals surface area contributed by atoms with Gasteiger partial charge in [-0.3, -0.25) is 10.1 Å². The minimum Gasteiger partial charge on any atom is -0.378 e. The van der Waals surface area contributed by atoms with E-state index in [1.54, 1.807) is 0 Å². The fourth-order valence-corrected chi connectivity index (χ4v) is 2.14. The summed E-state index contributed by atoms with van der Waals surface area (Å²) in [4.78, 5) is 12.2. The first-order valence-electron chi connectivity index (χ1n) is 5.65. The Balaban J connectivity index is 2.11. The summed E-state index contributed by atoms with van der Waals surface area (Å²) < 4.78 is 5.23. The van der Waals surface area contributed by atoms with Crippen LogP contribution in [0.1, 0.15) is 0 Å². The van der Waals surface area contributed by atoms with Crippen molar-refractivity contribution in [3.63, 3.8) is 0 Å². The standard InChI is InChI=1S/C11H12ClN3O3S/c12-9-2-1-8(15(16)17)7-10(9)13-11(19)14-3-5-18-6-4-14/h1-2,7H,3-6H2,(H,13,19). The van der Waals surface area contributed by atoms with Gasteiger partial charge in [0.05, 0.1) is 28.8 Å². The van der Waals surface area contributed by atoms with Gasteiger partial charge in [0.15, 0.2) is 5.11 Å². The van der Waals surface area contributed by atoms with Gasteiger partial charge in [0.1, 0.15) is 0 Å². The van der Waals surface area contributed by atoms with Gasteiger partial charge in [0.2, 0.25) is 0 Å². The van der Waals surface area contributed by atoms with E-state index in [9.17, 15) is 10.1 Å². The number of hydrogen-bond donors (Lipinski definition) is 1. The summed E-state index contributed by atoms with van der Waals surface area (Å²) in [7, 11) is 0. The Morgan fingerprint density at radius 3 is 2.79 bits per heavy atom. The van der Waals surface area contributed by atoms with E-state index in [4.69, 9.17) is 28.6 Å². The van der Waals surface area contributed by atoms with Crippen LogP contribution in [-0.2, 0) is 4.74 Å². The van der Waals surface area contributed by atoms with E-state index in [-0.39, 0.29) is 5.69 Å². The van der Waals surface area contributed by atoms with Crippen LogP contribution in [0.4, 0.5) is 11.4 Å². The van der Waals surface area contributed by atoms with Crippen LogP contribution in [0.5, 0.6) is 0 Å². The minimum absolute atomic E-state index is 0.0309. The number of anilines is 1. The Labute approximate surface area is 120 Å². The molecule has 0 unspecified atom stereocenters. The van der Waals surface area contributed by atoms with Crippen LogP contribution in [-0.4, -0.2) is 41.2 Å². The molecule has 102 valence electrons. The van der Waals surface area contributed by atoms with Crippen molar-refractivity contribution in [3.05, 3.63) is 33.3 Å². The van der Waals surface area contributed by atoms with Crippen LogP contribution in [0.2, 0.25) is 5.02 Å². The summed E-state index contributed by atoms with van der Waals surface area (Å²) in [5.41, 5.74) is 0.407. The van der Waals surface area contributed by atoms with E-state index in [2.05, 4.69) is 5.32 Å². The molecule has 8 heteroatoms. The van der Waals surface area contributed by atoms with Crippen molar-refractivity contribution in [1.82, 2.24) is 4.90 Å². The molecule has 1 N–H and O–H groups in total. The predicted molar refractivity (Wildman–Crippen MR) is 76.7 cm³/mol. The Hall–Kier alpha value is -1.44. The maximum atomic E-state index is 10.7. The summed E-state index contributed by atoms with van der Waals surface area (Å²) in [6.45, 7) is 2.62. The molecule has 0 atom stereocenters. The van der Waals surface area contributed by atoms with Crippen molar-refractivity contribution in [2.75, 3.05) is 31.6 Å². The van der Waals surface area contributed by atoms with E-state index in [1.807, 2.05) is 4.90 Å². The first kappa shape index (κ1) is 14.0. The lowest BCUT2D eigenvalue weighted by Gasteiger charge is -2.29. The number of halogens is 1. The zero-order chi connectivity index (χ0) is 13.8. The third-order valence-electron chi connectivity index (χ3n) is 2.70. The van der Waals surface area contributed by atoms with Crippen LogP contribution >= 0.6 is 23.8 Å². The molecule has 1 aliphatic heterocycles. The normalized spacial score (nSPS) is 15.1. The molecule has 1 saturated heterocycles. The number of ether oxygens (including phenoxy) is 1. The van der Waals surface area contributed by atoms with Gasteiger partial charge < -0.3 is 15.0 Å². The molecule has 0 aliphatic carbocycles. The number of benzene rings is 1. The average molecular weight is 302 g/mol. The van der Waals surface area contributed by atoms with Crippen LogP contribution in [0.25, 0.3) is 0 Å². The smallest absolute Gasteiger partial charge is 0.271 e. The molecule has 1 heterocycles. The van der Waals surface area contributed by atoms with Gasteiger partial charge in [0, 0.05) is 25.2 Å². The highest BCUT2D eigenvalue weighted by molar-refractivity contribution is 7.80. The summed E-state index contributed by atoms with van der Waals surface area (Å²) >= 11 is 11.3. The monoisotopic (exact) mass is 301 g/mol. The van der Waals surface area contributed by atoms with Gasteiger partial charge >= 0.3 is 0 Å². The zero-order valence-corrected chi connectivity index (χ0v) is 11.5. The molecule has 0 bridgehead atoms. The zero-order valence-electron chi connectivity index (χ0n) is 9.97. The average Bonchev–Trinajstić information content (AvgIpc) is 2.42. The Morgan fingerprint density at radius 1 is 1.47 bits per heavy atom. The third-order valence-corrected chi connectivity index (χ3v) is 3.39. The molecule has 0 amide bonds. The summed E-state index contributed by atoms with van der Waals surface area (Å²) in [6.07, 6.45) is 0. The maximum Gasteiger partial charge on any atom is 0.271 e. The molecule has 1 aliphatic rings. The number of thiocarbonyl (C=S) groups is 1. The lowest BCUT2D eigenvalue weighted by Crippen LogP contribution is -2.42. The largest absolute Gasteiger partial charge is 0.378 e. The molecule has 19 heavy (non-hydrogen) atoms. The molecule has 0 saturated carbocycles. The lowest BCUT2D eigenvalue weighted by atomic mass is 10.3. The van der Waals surface area contributed by atoms with Gasteiger partial charge in [-0.1, -0.05) is 11.6 Å². The number of morpholine rings is 1. The highest BCUT2D eigenvalue weighted by Gasteiger charge is 2.16. The fraction of sp³-hybridized carbons (Fsp3) is 0.364. The van der Waals surface area contributed by atoms with Gasteiger partial charge in [0.25, 0.3) is 5.69 Å². The van der Waals surface area contributed by atoms with Gasteiger partial charge in [-0.25, -0.2) is 0 Å². The molecule has 1 fully saturated rings. The predicted octanol–water partition coefficient (Wildman–Crippen LogP) is 2.28. The van der Waals surface area contributed by atoms with Crippen molar-refractivity contribution in [1.29, 1.82) is 0 Å². The van der Waals surface area contributed by atoms with Gasteiger partial charge in [-0.05, 0) is 18.3 Å². The highest BCUT2D eigenvalue weighted by atomic mass is 35.5. The van der Waals surface area contributed by atoms with E-state index in [0.29, 0.717) is 42.1 Å². The van der Waals surface area contributed by atoms with Crippen molar-refractivity contribution in [2.45, 2.75) is 0 Å².